The first-order valence-corrected chi connectivity index (χ1v) is 7.89. The van der Waals surface area contributed by atoms with Crippen LogP contribution < -0.4 is 0 Å². The summed E-state index contributed by atoms with van der Waals surface area (Å²) in [5.41, 5.74) is 1.93. The highest BCUT2D eigenvalue weighted by Gasteiger charge is 2.14. The van der Waals surface area contributed by atoms with Crippen LogP contribution in [0, 0.1) is 5.82 Å². The summed E-state index contributed by atoms with van der Waals surface area (Å²) < 4.78 is 18.5. The highest BCUT2D eigenvalue weighted by atomic mass is 19.1. The lowest BCUT2D eigenvalue weighted by Gasteiger charge is -2.06. The standard InChI is InChI=1S/C21H15FO4/c22-19-4-2-1-3-18(19)20(24)13-26-21(25)16-7-5-14(6-8-16)15-9-11-17(23)12-10-15/h1-12,23H,13H2. The maximum Gasteiger partial charge on any atom is 0.338 e. The molecule has 1 N–H and O–H groups in total. The quantitative estimate of drug-likeness (QED) is 0.552. The Kier molecular flexibility index (Phi) is 5.08. The molecule has 0 heterocycles. The molecule has 0 saturated heterocycles. The lowest BCUT2D eigenvalue weighted by molar-refractivity contribution is 0.0473. The number of phenols is 1. The molecule has 26 heavy (non-hydrogen) atoms. The molecule has 0 spiro atoms. The van der Waals surface area contributed by atoms with Crippen molar-refractivity contribution in [3.63, 3.8) is 0 Å². The number of aromatic hydroxyl groups is 1. The van der Waals surface area contributed by atoms with Crippen LogP contribution >= 0.6 is 0 Å². The number of carbonyl (C=O) groups excluding carboxylic acids is 2. The highest BCUT2D eigenvalue weighted by molar-refractivity contribution is 5.99. The number of esters is 1. The molecule has 0 bridgehead atoms. The van der Waals surface area contributed by atoms with Crippen LogP contribution in [0.1, 0.15) is 20.7 Å². The van der Waals surface area contributed by atoms with Gasteiger partial charge >= 0.3 is 5.97 Å². The van der Waals surface area contributed by atoms with Gasteiger partial charge in [-0.2, -0.15) is 0 Å². The Balaban J connectivity index is 1.64. The van der Waals surface area contributed by atoms with Crippen LogP contribution in [0.4, 0.5) is 4.39 Å². The second-order valence-electron chi connectivity index (χ2n) is 5.60. The summed E-state index contributed by atoms with van der Waals surface area (Å²) >= 11 is 0. The monoisotopic (exact) mass is 350 g/mol. The Morgan fingerprint density at radius 2 is 1.42 bits per heavy atom. The van der Waals surface area contributed by atoms with Gasteiger partial charge in [0.25, 0.3) is 0 Å². The molecule has 3 aromatic carbocycles. The highest BCUT2D eigenvalue weighted by Crippen LogP contribution is 2.22. The zero-order chi connectivity index (χ0) is 18.5. The number of Topliss-reactive ketones (excluding diaryl/α,β-unsaturated/α-hetero) is 1. The van der Waals surface area contributed by atoms with Gasteiger partial charge < -0.3 is 9.84 Å². The van der Waals surface area contributed by atoms with Crippen LogP contribution in [0.5, 0.6) is 5.75 Å². The molecule has 0 atom stereocenters. The van der Waals surface area contributed by atoms with Crippen molar-refractivity contribution in [2.24, 2.45) is 0 Å². The van der Waals surface area contributed by atoms with Gasteiger partial charge in [0.05, 0.1) is 11.1 Å². The first-order valence-electron chi connectivity index (χ1n) is 7.89. The van der Waals surface area contributed by atoms with Crippen molar-refractivity contribution in [1.82, 2.24) is 0 Å². The first kappa shape index (κ1) is 17.4. The predicted molar refractivity (Wildman–Crippen MR) is 94.6 cm³/mol. The summed E-state index contributed by atoms with van der Waals surface area (Å²) in [7, 11) is 0. The molecule has 5 heteroatoms. The molecule has 0 amide bonds. The molecule has 0 aliphatic heterocycles. The van der Waals surface area contributed by atoms with Gasteiger partial charge in [-0.25, -0.2) is 9.18 Å². The molecule has 0 saturated carbocycles. The average Bonchev–Trinajstić information content (AvgIpc) is 2.67. The molecule has 0 aliphatic carbocycles. The lowest BCUT2D eigenvalue weighted by atomic mass is 10.0. The van der Waals surface area contributed by atoms with Crippen LogP contribution in [0.2, 0.25) is 0 Å². The zero-order valence-electron chi connectivity index (χ0n) is 13.7. The molecule has 0 radical (unpaired) electrons. The number of phenolic OH excluding ortho intramolecular Hbond substituents is 1. The van der Waals surface area contributed by atoms with E-state index in [1.165, 1.54) is 18.2 Å². The Labute approximate surface area is 149 Å². The van der Waals surface area contributed by atoms with Gasteiger partial charge in [-0.05, 0) is 47.5 Å². The molecule has 130 valence electrons. The maximum atomic E-state index is 13.5. The van der Waals surface area contributed by atoms with Gasteiger partial charge in [-0.3, -0.25) is 4.79 Å². The summed E-state index contributed by atoms with van der Waals surface area (Å²) in [5.74, 6) is -1.73. The van der Waals surface area contributed by atoms with Crippen LogP contribution in [-0.2, 0) is 4.74 Å². The van der Waals surface area contributed by atoms with Gasteiger partial charge in [0.15, 0.2) is 6.61 Å². The number of halogens is 1. The molecule has 3 aromatic rings. The Bertz CT molecular complexity index is 931. The normalized spacial score (nSPS) is 10.3. The van der Waals surface area contributed by atoms with Crippen molar-refractivity contribution >= 4 is 11.8 Å². The van der Waals surface area contributed by atoms with E-state index in [9.17, 15) is 19.1 Å². The van der Waals surface area contributed by atoms with Crippen LogP contribution in [-0.4, -0.2) is 23.5 Å². The fourth-order valence-electron chi connectivity index (χ4n) is 2.43. The third kappa shape index (κ3) is 3.95. The van der Waals surface area contributed by atoms with Gasteiger partial charge in [0.2, 0.25) is 5.78 Å². The number of hydrogen-bond donors (Lipinski definition) is 1. The minimum atomic E-state index is -0.660. The zero-order valence-corrected chi connectivity index (χ0v) is 13.7. The second kappa shape index (κ2) is 7.61. The van der Waals surface area contributed by atoms with Crippen molar-refractivity contribution in [2.75, 3.05) is 6.61 Å². The molecule has 0 fully saturated rings. The molecule has 0 unspecified atom stereocenters. The van der Waals surface area contributed by atoms with Crippen molar-refractivity contribution in [2.45, 2.75) is 0 Å². The molecular formula is C21H15FO4. The third-order valence-corrected chi connectivity index (χ3v) is 3.83. The van der Waals surface area contributed by atoms with E-state index in [1.54, 1.807) is 54.6 Å². The molecule has 0 aliphatic rings. The fourth-order valence-corrected chi connectivity index (χ4v) is 2.43. The van der Waals surface area contributed by atoms with Crippen molar-refractivity contribution in [3.05, 3.63) is 89.7 Å². The smallest absolute Gasteiger partial charge is 0.338 e. The molecule has 0 aromatic heterocycles. The van der Waals surface area contributed by atoms with Crippen molar-refractivity contribution in [3.8, 4) is 16.9 Å². The molecule has 4 nitrogen and oxygen atoms in total. The minimum Gasteiger partial charge on any atom is -0.508 e. The van der Waals surface area contributed by atoms with Crippen molar-refractivity contribution in [1.29, 1.82) is 0 Å². The van der Waals surface area contributed by atoms with E-state index in [-0.39, 0.29) is 16.9 Å². The predicted octanol–water partition coefficient (Wildman–Crippen LogP) is 4.24. The lowest BCUT2D eigenvalue weighted by Crippen LogP contribution is -2.15. The Hall–Kier alpha value is -3.47. The van der Waals surface area contributed by atoms with Gasteiger partial charge in [0, 0.05) is 0 Å². The summed E-state index contributed by atoms with van der Waals surface area (Å²) in [4.78, 5) is 24.0. The van der Waals surface area contributed by atoms with Gasteiger partial charge in [0.1, 0.15) is 11.6 Å². The average molecular weight is 350 g/mol. The van der Waals surface area contributed by atoms with E-state index in [1.807, 2.05) is 0 Å². The Morgan fingerprint density at radius 3 is 2.04 bits per heavy atom. The van der Waals surface area contributed by atoms with Crippen molar-refractivity contribution < 1.29 is 23.8 Å². The summed E-state index contributed by atoms with van der Waals surface area (Å²) in [6.45, 7) is -0.528. The van der Waals surface area contributed by atoms with E-state index < -0.39 is 24.2 Å². The van der Waals surface area contributed by atoms with Crippen LogP contribution in [0.3, 0.4) is 0 Å². The SMILES string of the molecule is O=C(OCC(=O)c1ccccc1F)c1ccc(-c2ccc(O)cc2)cc1. The number of ether oxygens (including phenoxy) is 1. The summed E-state index contributed by atoms with van der Waals surface area (Å²) in [6, 6.07) is 18.9. The summed E-state index contributed by atoms with van der Waals surface area (Å²) in [6.07, 6.45) is 0. The fraction of sp³-hybridized carbons (Fsp3) is 0.0476. The number of rotatable bonds is 5. The van der Waals surface area contributed by atoms with E-state index >= 15 is 0 Å². The topological polar surface area (TPSA) is 63.6 Å². The maximum absolute atomic E-state index is 13.5. The largest absolute Gasteiger partial charge is 0.508 e. The Morgan fingerprint density at radius 1 is 0.846 bits per heavy atom. The summed E-state index contributed by atoms with van der Waals surface area (Å²) in [5, 5.41) is 9.31. The van der Waals surface area contributed by atoms with E-state index in [0.717, 1.165) is 11.1 Å². The van der Waals surface area contributed by atoms with E-state index in [4.69, 9.17) is 4.74 Å². The first-order chi connectivity index (χ1) is 12.5. The number of benzene rings is 3. The van der Waals surface area contributed by atoms with E-state index in [0.29, 0.717) is 0 Å². The number of ketones is 1. The molecular weight excluding hydrogens is 335 g/mol. The van der Waals surface area contributed by atoms with Gasteiger partial charge in [-0.15, -0.1) is 0 Å². The van der Waals surface area contributed by atoms with Crippen LogP contribution in [0.25, 0.3) is 11.1 Å². The van der Waals surface area contributed by atoms with Gasteiger partial charge in [-0.1, -0.05) is 36.4 Å². The second-order valence-corrected chi connectivity index (χ2v) is 5.60. The molecule has 3 rings (SSSR count). The minimum absolute atomic E-state index is 0.108. The number of carbonyl (C=O) groups is 2. The van der Waals surface area contributed by atoms with E-state index in [2.05, 4.69) is 0 Å². The van der Waals surface area contributed by atoms with Crippen LogP contribution in [0.15, 0.2) is 72.8 Å². The number of hydrogen-bond acceptors (Lipinski definition) is 4. The third-order valence-electron chi connectivity index (χ3n) is 3.83.